The van der Waals surface area contributed by atoms with Gasteiger partial charge in [0.1, 0.15) is 12.7 Å². The van der Waals surface area contributed by atoms with Gasteiger partial charge in [-0.25, -0.2) is 0 Å². The first-order valence-electron chi connectivity index (χ1n) is 6.94. The fourth-order valence-corrected chi connectivity index (χ4v) is 2.24. The van der Waals surface area contributed by atoms with Crippen molar-refractivity contribution in [2.45, 2.75) is 45.7 Å². The maximum absolute atomic E-state index is 11.6. The molecule has 1 aliphatic heterocycles. The van der Waals surface area contributed by atoms with E-state index in [0.717, 1.165) is 0 Å². The molecule has 130 valence electrons. The fourth-order valence-electron chi connectivity index (χ4n) is 2.24. The molecule has 1 unspecified atom stereocenters. The van der Waals surface area contributed by atoms with E-state index in [0.29, 0.717) is 0 Å². The van der Waals surface area contributed by atoms with Crippen LogP contribution >= 0.6 is 0 Å². The van der Waals surface area contributed by atoms with Crippen LogP contribution in [0, 0.1) is 5.92 Å². The van der Waals surface area contributed by atoms with Gasteiger partial charge < -0.3 is 23.7 Å². The van der Waals surface area contributed by atoms with E-state index < -0.39 is 48.3 Å². The Morgan fingerprint density at radius 1 is 0.957 bits per heavy atom. The SMILES string of the molecule is COC(=O)C[C@@H]1[C@@H](COC(C)=O)OC(OC(C)=O)[C@@H]1OC(C)=O. The summed E-state index contributed by atoms with van der Waals surface area (Å²) >= 11 is 0. The molecular weight excluding hydrogens is 312 g/mol. The van der Waals surface area contributed by atoms with Crippen molar-refractivity contribution in [1.29, 1.82) is 0 Å². The van der Waals surface area contributed by atoms with Crippen LogP contribution in [0.5, 0.6) is 0 Å². The number of methoxy groups -OCH3 is 1. The number of carbonyl (C=O) groups is 4. The zero-order valence-electron chi connectivity index (χ0n) is 13.4. The highest BCUT2D eigenvalue weighted by atomic mass is 16.7. The molecule has 0 amide bonds. The molecule has 1 aliphatic rings. The second-order valence-electron chi connectivity index (χ2n) is 4.97. The van der Waals surface area contributed by atoms with Gasteiger partial charge >= 0.3 is 23.9 Å². The Bertz CT molecular complexity index is 473. The molecule has 1 fully saturated rings. The molecule has 1 heterocycles. The third-order valence-electron chi connectivity index (χ3n) is 3.14. The van der Waals surface area contributed by atoms with Crippen LogP contribution in [0.4, 0.5) is 0 Å². The highest BCUT2D eigenvalue weighted by Gasteiger charge is 2.50. The lowest BCUT2D eigenvalue weighted by Crippen LogP contribution is -2.36. The third kappa shape index (κ3) is 5.85. The van der Waals surface area contributed by atoms with Crippen LogP contribution in [-0.2, 0) is 42.9 Å². The van der Waals surface area contributed by atoms with Gasteiger partial charge in [0.15, 0.2) is 6.10 Å². The average molecular weight is 332 g/mol. The first-order chi connectivity index (χ1) is 10.7. The van der Waals surface area contributed by atoms with E-state index in [1.807, 2.05) is 0 Å². The van der Waals surface area contributed by atoms with Gasteiger partial charge in [-0.2, -0.15) is 0 Å². The molecule has 0 aromatic heterocycles. The Hall–Kier alpha value is -2.16. The minimum absolute atomic E-state index is 0.155. The molecule has 9 nitrogen and oxygen atoms in total. The minimum atomic E-state index is -1.19. The maximum atomic E-state index is 11.6. The van der Waals surface area contributed by atoms with Crippen molar-refractivity contribution in [2.24, 2.45) is 5.92 Å². The fraction of sp³-hybridized carbons (Fsp3) is 0.714. The number of hydrogen-bond donors (Lipinski definition) is 0. The van der Waals surface area contributed by atoms with Crippen LogP contribution < -0.4 is 0 Å². The summed E-state index contributed by atoms with van der Waals surface area (Å²) in [6, 6.07) is 0. The van der Waals surface area contributed by atoms with Gasteiger partial charge in [0.05, 0.1) is 13.5 Å². The number of carbonyl (C=O) groups excluding carboxylic acids is 4. The zero-order valence-corrected chi connectivity index (χ0v) is 13.4. The molecule has 0 radical (unpaired) electrons. The second kappa shape index (κ2) is 8.47. The molecular formula is C14H20O9. The molecule has 0 spiro atoms. The van der Waals surface area contributed by atoms with Crippen molar-refractivity contribution in [1.82, 2.24) is 0 Å². The maximum Gasteiger partial charge on any atom is 0.306 e. The molecule has 0 N–H and O–H groups in total. The lowest BCUT2D eigenvalue weighted by molar-refractivity contribution is -0.196. The van der Waals surface area contributed by atoms with Gasteiger partial charge in [-0.15, -0.1) is 0 Å². The Morgan fingerprint density at radius 2 is 1.57 bits per heavy atom. The number of rotatable bonds is 6. The molecule has 4 atom stereocenters. The molecule has 0 aliphatic carbocycles. The third-order valence-corrected chi connectivity index (χ3v) is 3.14. The van der Waals surface area contributed by atoms with Crippen molar-refractivity contribution in [3.8, 4) is 0 Å². The summed E-state index contributed by atoms with van der Waals surface area (Å²) in [5.74, 6) is -3.05. The van der Waals surface area contributed by atoms with E-state index >= 15 is 0 Å². The van der Waals surface area contributed by atoms with Crippen LogP contribution in [0.2, 0.25) is 0 Å². The summed E-state index contributed by atoms with van der Waals surface area (Å²) in [5.41, 5.74) is 0. The van der Waals surface area contributed by atoms with Gasteiger partial charge in [0.2, 0.25) is 6.29 Å². The summed E-state index contributed by atoms with van der Waals surface area (Å²) in [6.07, 6.45) is -3.13. The number of hydrogen-bond acceptors (Lipinski definition) is 9. The Morgan fingerprint density at radius 3 is 2.04 bits per heavy atom. The molecule has 0 aromatic rings. The Balaban J connectivity index is 2.97. The second-order valence-corrected chi connectivity index (χ2v) is 4.97. The summed E-state index contributed by atoms with van der Waals surface area (Å²) in [7, 11) is 1.21. The largest absolute Gasteiger partial charge is 0.469 e. The lowest BCUT2D eigenvalue weighted by Gasteiger charge is -2.22. The highest BCUT2D eigenvalue weighted by molar-refractivity contribution is 5.70. The first-order valence-corrected chi connectivity index (χ1v) is 6.94. The van der Waals surface area contributed by atoms with E-state index in [2.05, 4.69) is 4.74 Å². The van der Waals surface area contributed by atoms with E-state index in [1.165, 1.54) is 27.9 Å². The van der Waals surface area contributed by atoms with Gasteiger partial charge in [0, 0.05) is 26.7 Å². The number of ether oxygens (including phenoxy) is 5. The molecule has 1 saturated heterocycles. The van der Waals surface area contributed by atoms with Gasteiger partial charge in [-0.1, -0.05) is 0 Å². The van der Waals surface area contributed by atoms with Crippen molar-refractivity contribution in [3.63, 3.8) is 0 Å². The first kappa shape index (κ1) is 18.9. The summed E-state index contributed by atoms with van der Waals surface area (Å²) in [4.78, 5) is 45.0. The van der Waals surface area contributed by atoms with Crippen LogP contribution in [0.1, 0.15) is 27.2 Å². The van der Waals surface area contributed by atoms with Gasteiger partial charge in [0.25, 0.3) is 0 Å². The lowest BCUT2D eigenvalue weighted by atomic mass is 9.95. The highest BCUT2D eigenvalue weighted by Crippen LogP contribution is 2.33. The normalized spacial score (nSPS) is 26.3. The molecule has 0 aromatic carbocycles. The van der Waals surface area contributed by atoms with Crippen molar-refractivity contribution < 1.29 is 42.9 Å². The van der Waals surface area contributed by atoms with E-state index in [9.17, 15) is 19.2 Å². The summed E-state index contributed by atoms with van der Waals surface area (Å²) < 4.78 is 25.1. The minimum Gasteiger partial charge on any atom is -0.469 e. The van der Waals surface area contributed by atoms with Crippen molar-refractivity contribution in [3.05, 3.63) is 0 Å². The monoisotopic (exact) mass is 332 g/mol. The average Bonchev–Trinajstić information content (AvgIpc) is 2.73. The van der Waals surface area contributed by atoms with E-state index in [4.69, 9.17) is 18.9 Å². The molecule has 1 rings (SSSR count). The van der Waals surface area contributed by atoms with E-state index in [1.54, 1.807) is 0 Å². The Labute approximate surface area is 133 Å². The Kier molecular flexibility index (Phi) is 6.95. The molecule has 23 heavy (non-hydrogen) atoms. The van der Waals surface area contributed by atoms with Gasteiger partial charge in [-0.05, 0) is 0 Å². The topological polar surface area (TPSA) is 114 Å². The van der Waals surface area contributed by atoms with Gasteiger partial charge in [-0.3, -0.25) is 19.2 Å². The van der Waals surface area contributed by atoms with Crippen LogP contribution in [0.15, 0.2) is 0 Å². The molecule has 0 saturated carbocycles. The summed E-state index contributed by atoms with van der Waals surface area (Å²) in [5, 5.41) is 0. The predicted octanol–water partition coefficient (Wildman–Crippen LogP) is -0.0515. The quantitative estimate of drug-likeness (QED) is 0.487. The van der Waals surface area contributed by atoms with Crippen LogP contribution in [0.25, 0.3) is 0 Å². The van der Waals surface area contributed by atoms with Crippen molar-refractivity contribution in [2.75, 3.05) is 13.7 Å². The smallest absolute Gasteiger partial charge is 0.306 e. The van der Waals surface area contributed by atoms with Crippen molar-refractivity contribution >= 4 is 23.9 Å². The van der Waals surface area contributed by atoms with Crippen LogP contribution in [0.3, 0.4) is 0 Å². The predicted molar refractivity (Wildman–Crippen MR) is 72.7 cm³/mol. The van der Waals surface area contributed by atoms with E-state index in [-0.39, 0.29) is 13.0 Å². The van der Waals surface area contributed by atoms with Crippen LogP contribution in [-0.4, -0.2) is 56.1 Å². The zero-order chi connectivity index (χ0) is 17.6. The molecule has 0 bridgehead atoms. The summed E-state index contributed by atoms with van der Waals surface area (Å²) in [6.45, 7) is 3.40. The standard InChI is InChI=1S/C14H20O9/c1-7(15)20-6-11-10(5-12(18)19-4)13(21-8(2)16)14(23-11)22-9(3)17/h10-11,13-14H,5-6H2,1-4H3/t10-,11-,13-,14?/m1/s1. The molecule has 9 heteroatoms. The number of esters is 4.